The van der Waals surface area contributed by atoms with Crippen molar-refractivity contribution in [3.05, 3.63) is 72.7 Å². The van der Waals surface area contributed by atoms with Crippen molar-refractivity contribution in [2.24, 2.45) is 0 Å². The zero-order valence-corrected chi connectivity index (χ0v) is 18.0. The van der Waals surface area contributed by atoms with Gasteiger partial charge in [-0.25, -0.2) is 0 Å². The molecule has 0 heterocycles. The van der Waals surface area contributed by atoms with Crippen LogP contribution in [0, 0.1) is 21.4 Å². The van der Waals surface area contributed by atoms with Gasteiger partial charge in [-0.2, -0.15) is 5.26 Å². The number of non-ortho nitro benzene ring substituents is 1. The predicted octanol–water partition coefficient (Wildman–Crippen LogP) is 5.02. The molecule has 150 valence electrons. The molecule has 2 aromatic carbocycles. The van der Waals surface area contributed by atoms with E-state index >= 15 is 0 Å². The van der Waals surface area contributed by atoms with Crippen LogP contribution in [0.4, 0.5) is 5.69 Å². The molecule has 0 saturated heterocycles. The molecule has 0 unspecified atom stereocenters. The zero-order valence-electron chi connectivity index (χ0n) is 15.6. The van der Waals surface area contributed by atoms with E-state index in [0.717, 1.165) is 0 Å². The molecule has 0 atom stereocenters. The summed E-state index contributed by atoms with van der Waals surface area (Å²) in [7, 11) is 0. The lowest BCUT2D eigenvalue weighted by molar-refractivity contribution is -0.384. The van der Waals surface area contributed by atoms with Crippen LogP contribution in [0.1, 0.15) is 25.0 Å². The second-order valence-corrected chi connectivity index (χ2v) is 7.59. The molecule has 9 heteroatoms. The Morgan fingerprint density at radius 2 is 2.14 bits per heavy atom. The van der Waals surface area contributed by atoms with Crippen LogP contribution in [-0.2, 0) is 11.4 Å². The molecule has 0 aromatic heterocycles. The van der Waals surface area contributed by atoms with Crippen LogP contribution >= 0.6 is 27.5 Å². The monoisotopic (exact) mass is 477 g/mol. The van der Waals surface area contributed by atoms with Crippen molar-refractivity contribution in [3.63, 3.8) is 0 Å². The highest BCUT2D eigenvalue weighted by atomic mass is 79.9. The highest BCUT2D eigenvalue weighted by Gasteiger charge is 2.14. The number of hydrogen-bond acceptors (Lipinski definition) is 5. The number of carbonyl (C=O) groups excluding carboxylic acids is 1. The van der Waals surface area contributed by atoms with Crippen molar-refractivity contribution < 1.29 is 14.5 Å². The first-order chi connectivity index (χ1) is 13.7. The third-order valence-electron chi connectivity index (χ3n) is 3.62. The van der Waals surface area contributed by atoms with Gasteiger partial charge >= 0.3 is 0 Å². The number of nitriles is 1. The SMILES string of the molecule is CC(C)NC(=O)/C(C#N)=C\c1cc(Cl)c(OCc2cccc([N+](=O)[O-])c2)c(Br)c1. The molecule has 0 fully saturated rings. The molecule has 7 nitrogen and oxygen atoms in total. The largest absolute Gasteiger partial charge is 0.486 e. The maximum atomic E-state index is 12.0. The maximum Gasteiger partial charge on any atom is 0.269 e. The number of nitro groups is 1. The number of nitrogens with zero attached hydrogens (tertiary/aromatic N) is 2. The Kier molecular flexibility index (Phi) is 7.76. The van der Waals surface area contributed by atoms with E-state index in [4.69, 9.17) is 16.3 Å². The Labute approximate surface area is 181 Å². The number of nitro benzene ring substituents is 1. The van der Waals surface area contributed by atoms with Crippen LogP contribution in [0.3, 0.4) is 0 Å². The van der Waals surface area contributed by atoms with Gasteiger partial charge in [-0.05, 0) is 59.1 Å². The lowest BCUT2D eigenvalue weighted by Crippen LogP contribution is -2.30. The number of nitrogens with one attached hydrogen (secondary N) is 1. The van der Waals surface area contributed by atoms with Crippen LogP contribution in [0.25, 0.3) is 6.08 Å². The molecular weight excluding hydrogens is 462 g/mol. The van der Waals surface area contributed by atoms with Gasteiger partial charge in [0, 0.05) is 18.2 Å². The van der Waals surface area contributed by atoms with E-state index < -0.39 is 10.8 Å². The lowest BCUT2D eigenvalue weighted by Gasteiger charge is -2.12. The van der Waals surface area contributed by atoms with Gasteiger partial charge in [0.25, 0.3) is 11.6 Å². The van der Waals surface area contributed by atoms with E-state index in [2.05, 4.69) is 21.2 Å². The smallest absolute Gasteiger partial charge is 0.269 e. The Hall–Kier alpha value is -2.89. The summed E-state index contributed by atoms with van der Waals surface area (Å²) in [6.45, 7) is 3.68. The van der Waals surface area contributed by atoms with Gasteiger partial charge in [0.1, 0.15) is 18.2 Å². The second kappa shape index (κ2) is 10.0. The zero-order chi connectivity index (χ0) is 21.6. The summed E-state index contributed by atoms with van der Waals surface area (Å²) in [5.74, 6) is -0.124. The molecular formula is C20H17BrClN3O4. The van der Waals surface area contributed by atoms with Crippen LogP contribution in [0.5, 0.6) is 5.75 Å². The number of carbonyl (C=O) groups is 1. The minimum absolute atomic E-state index is 0.0274. The summed E-state index contributed by atoms with van der Waals surface area (Å²) in [6.07, 6.45) is 1.43. The van der Waals surface area contributed by atoms with Crippen LogP contribution < -0.4 is 10.1 Å². The predicted molar refractivity (Wildman–Crippen MR) is 113 cm³/mol. The van der Waals surface area contributed by atoms with Gasteiger partial charge in [0.05, 0.1) is 14.4 Å². The van der Waals surface area contributed by atoms with Gasteiger partial charge in [0.2, 0.25) is 0 Å². The summed E-state index contributed by atoms with van der Waals surface area (Å²) in [4.78, 5) is 22.4. The molecule has 1 amide bonds. The van der Waals surface area contributed by atoms with E-state index in [0.29, 0.717) is 21.3 Å². The summed E-state index contributed by atoms with van der Waals surface area (Å²) in [5.41, 5.74) is 1.08. The summed E-state index contributed by atoms with van der Waals surface area (Å²) in [6, 6.07) is 11.1. The van der Waals surface area contributed by atoms with Gasteiger partial charge in [-0.3, -0.25) is 14.9 Å². The van der Waals surface area contributed by atoms with Crippen molar-refractivity contribution >= 4 is 45.2 Å². The average Bonchev–Trinajstić information content (AvgIpc) is 2.65. The van der Waals surface area contributed by atoms with Gasteiger partial charge in [0.15, 0.2) is 5.75 Å². The van der Waals surface area contributed by atoms with Gasteiger partial charge in [-0.15, -0.1) is 0 Å². The Balaban J connectivity index is 2.22. The molecule has 29 heavy (non-hydrogen) atoms. The number of ether oxygens (including phenoxy) is 1. The second-order valence-electron chi connectivity index (χ2n) is 6.33. The van der Waals surface area contributed by atoms with Crippen molar-refractivity contribution in [2.75, 3.05) is 0 Å². The number of benzene rings is 2. The van der Waals surface area contributed by atoms with Crippen LogP contribution in [-0.4, -0.2) is 16.9 Å². The van der Waals surface area contributed by atoms with Crippen molar-refractivity contribution in [1.29, 1.82) is 5.26 Å². The topological polar surface area (TPSA) is 105 Å². The molecule has 1 N–H and O–H groups in total. The Morgan fingerprint density at radius 1 is 1.41 bits per heavy atom. The minimum atomic E-state index is -0.476. The minimum Gasteiger partial charge on any atom is -0.486 e. The summed E-state index contributed by atoms with van der Waals surface area (Å²) >= 11 is 9.67. The fourth-order valence-electron chi connectivity index (χ4n) is 2.37. The Bertz CT molecular complexity index is 992. The first-order valence-electron chi connectivity index (χ1n) is 8.49. The molecule has 2 rings (SSSR count). The number of rotatable bonds is 7. The fourth-order valence-corrected chi connectivity index (χ4v) is 3.36. The van der Waals surface area contributed by atoms with E-state index in [9.17, 15) is 20.2 Å². The average molecular weight is 479 g/mol. The van der Waals surface area contributed by atoms with Crippen molar-refractivity contribution in [2.45, 2.75) is 26.5 Å². The van der Waals surface area contributed by atoms with E-state index in [1.54, 1.807) is 38.1 Å². The van der Waals surface area contributed by atoms with Gasteiger partial charge in [-0.1, -0.05) is 23.7 Å². The highest BCUT2D eigenvalue weighted by Crippen LogP contribution is 2.35. The molecule has 0 spiro atoms. The van der Waals surface area contributed by atoms with Crippen molar-refractivity contribution in [1.82, 2.24) is 5.32 Å². The molecule has 0 aliphatic carbocycles. The van der Waals surface area contributed by atoms with Crippen LogP contribution in [0.15, 0.2) is 46.4 Å². The normalized spacial score (nSPS) is 11.1. The van der Waals surface area contributed by atoms with Gasteiger partial charge < -0.3 is 10.1 Å². The summed E-state index contributed by atoms with van der Waals surface area (Å²) in [5, 5.41) is 23.0. The molecule has 0 bridgehead atoms. The van der Waals surface area contributed by atoms with Crippen molar-refractivity contribution in [3.8, 4) is 11.8 Å². The number of hydrogen-bond donors (Lipinski definition) is 1. The highest BCUT2D eigenvalue weighted by molar-refractivity contribution is 9.10. The Morgan fingerprint density at radius 3 is 2.72 bits per heavy atom. The van der Waals surface area contributed by atoms with E-state index in [1.165, 1.54) is 18.2 Å². The number of amides is 1. The fraction of sp³-hybridized carbons (Fsp3) is 0.200. The van der Waals surface area contributed by atoms with E-state index in [1.807, 2.05) is 6.07 Å². The third-order valence-corrected chi connectivity index (χ3v) is 4.49. The lowest BCUT2D eigenvalue weighted by atomic mass is 10.1. The first-order valence-corrected chi connectivity index (χ1v) is 9.66. The molecule has 0 radical (unpaired) electrons. The quantitative estimate of drug-likeness (QED) is 0.260. The molecule has 2 aromatic rings. The molecule has 0 saturated carbocycles. The summed E-state index contributed by atoms with van der Waals surface area (Å²) < 4.78 is 6.23. The molecule has 0 aliphatic heterocycles. The number of halogens is 2. The molecule has 0 aliphatic rings. The third kappa shape index (κ3) is 6.31. The van der Waals surface area contributed by atoms with E-state index in [-0.39, 0.29) is 28.9 Å². The standard InChI is InChI=1S/C20H17BrClN3O4/c1-12(2)24-20(26)15(10-23)6-14-8-17(21)19(18(22)9-14)29-11-13-4-3-5-16(7-13)25(27)28/h3-9,12H,11H2,1-2H3,(H,24,26)/b15-6-. The maximum absolute atomic E-state index is 12.0. The van der Waals surface area contributed by atoms with Crippen LogP contribution in [0.2, 0.25) is 5.02 Å². The first kappa shape index (κ1) is 22.4.